The summed E-state index contributed by atoms with van der Waals surface area (Å²) < 4.78 is 26.2. The van der Waals surface area contributed by atoms with Crippen molar-refractivity contribution in [1.82, 2.24) is 14.1 Å². The first-order valence-corrected chi connectivity index (χ1v) is 14.7. The molecule has 0 saturated carbocycles. The molecule has 1 heterocycles. The number of aromatic hydroxyl groups is 1. The lowest BCUT2D eigenvalue weighted by molar-refractivity contribution is -0.141. The van der Waals surface area contributed by atoms with E-state index >= 15 is 0 Å². The summed E-state index contributed by atoms with van der Waals surface area (Å²) in [7, 11) is 0.524. The predicted octanol–water partition coefficient (Wildman–Crippen LogP) is 4.06. The van der Waals surface area contributed by atoms with Gasteiger partial charge in [0.25, 0.3) is 0 Å². The fourth-order valence-corrected chi connectivity index (χ4v) is 6.91. The number of carboxylic acids is 1. The van der Waals surface area contributed by atoms with Crippen LogP contribution < -0.4 is 0 Å². The van der Waals surface area contributed by atoms with Crippen molar-refractivity contribution in [3.63, 3.8) is 0 Å². The molecule has 1 aliphatic rings. The lowest BCUT2D eigenvalue weighted by atomic mass is 9.87. The molecule has 1 aliphatic heterocycles. The number of nitrogens with zero attached hydrogens (tertiary/aromatic N) is 3. The van der Waals surface area contributed by atoms with Gasteiger partial charge in [0.05, 0.1) is 5.75 Å². The van der Waals surface area contributed by atoms with Crippen LogP contribution in [0.1, 0.15) is 55.9 Å². The molecule has 0 amide bonds. The molecule has 210 valence electrons. The summed E-state index contributed by atoms with van der Waals surface area (Å²) in [5, 5.41) is 20.2. The van der Waals surface area contributed by atoms with E-state index in [0.717, 1.165) is 39.5 Å². The smallest absolute Gasteiger partial charge is 0.322 e. The van der Waals surface area contributed by atoms with Gasteiger partial charge in [0.1, 0.15) is 11.8 Å². The summed E-state index contributed by atoms with van der Waals surface area (Å²) in [6.45, 7) is 10.7. The van der Waals surface area contributed by atoms with Crippen LogP contribution in [0, 0.1) is 12.3 Å². The normalized spacial score (nSPS) is 18.8. The molecule has 0 aliphatic carbocycles. The van der Waals surface area contributed by atoms with Gasteiger partial charge in [-0.25, -0.2) is 8.42 Å². The Hall–Kier alpha value is -2.46. The third kappa shape index (κ3) is 8.27. The molecule has 9 heteroatoms. The zero-order valence-electron chi connectivity index (χ0n) is 23.5. The standard InChI is InChI=1S/C29H43N3O5S/c1-21-10-11-27(33)24(14-21)19-31(25(20-30(5)6)16-29(2,3)4)17-22-8-7-9-23(15-22)18-32-26(28(34)35)12-13-38(32,36)37/h7-11,14-15,25-26,33H,12-13,16-20H2,1-6H3,(H,34,35)/t25-,26?/m0/s1. The van der Waals surface area contributed by atoms with Crippen LogP contribution in [0.2, 0.25) is 0 Å². The summed E-state index contributed by atoms with van der Waals surface area (Å²) in [5.41, 5.74) is 3.81. The molecule has 1 fully saturated rings. The number of aryl methyl sites for hydroxylation is 1. The zero-order chi connectivity index (χ0) is 28.3. The molecule has 8 nitrogen and oxygen atoms in total. The van der Waals surface area contributed by atoms with Gasteiger partial charge < -0.3 is 15.1 Å². The maximum absolute atomic E-state index is 12.6. The molecule has 2 atom stereocenters. The number of carboxylic acid groups (broad SMARTS) is 1. The van der Waals surface area contributed by atoms with Gasteiger partial charge >= 0.3 is 5.97 Å². The Kier molecular flexibility index (Phi) is 9.62. The number of likely N-dealkylation sites (N-methyl/N-ethyl adjacent to an activating group) is 1. The van der Waals surface area contributed by atoms with Gasteiger partial charge in [-0.1, -0.05) is 62.7 Å². The minimum absolute atomic E-state index is 0.0366. The largest absolute Gasteiger partial charge is 0.508 e. The molecule has 1 unspecified atom stereocenters. The number of phenols is 1. The van der Waals surface area contributed by atoms with Crippen molar-refractivity contribution in [3.8, 4) is 5.75 Å². The van der Waals surface area contributed by atoms with E-state index in [1.54, 1.807) is 6.07 Å². The van der Waals surface area contributed by atoms with E-state index < -0.39 is 22.0 Å². The number of hydrogen-bond acceptors (Lipinski definition) is 6. The van der Waals surface area contributed by atoms with Gasteiger partial charge in [-0.2, -0.15) is 4.31 Å². The number of sulfonamides is 1. The lowest BCUT2D eigenvalue weighted by Crippen LogP contribution is -2.43. The van der Waals surface area contributed by atoms with E-state index in [4.69, 9.17) is 0 Å². The van der Waals surface area contributed by atoms with Gasteiger partial charge in [-0.3, -0.25) is 9.69 Å². The first-order chi connectivity index (χ1) is 17.6. The van der Waals surface area contributed by atoms with Crippen molar-refractivity contribution in [2.45, 2.75) is 72.3 Å². The zero-order valence-corrected chi connectivity index (χ0v) is 24.3. The third-order valence-electron chi connectivity index (χ3n) is 6.90. The number of carbonyl (C=O) groups is 1. The molecule has 2 N–H and O–H groups in total. The molecule has 1 saturated heterocycles. The summed E-state index contributed by atoms with van der Waals surface area (Å²) in [4.78, 5) is 16.2. The van der Waals surface area contributed by atoms with Crippen LogP contribution in [0.5, 0.6) is 5.75 Å². The van der Waals surface area contributed by atoms with Crippen LogP contribution in [-0.4, -0.2) is 77.2 Å². The van der Waals surface area contributed by atoms with Crippen LogP contribution in [0.15, 0.2) is 42.5 Å². The highest BCUT2D eigenvalue weighted by molar-refractivity contribution is 7.89. The average molecular weight is 546 g/mol. The van der Waals surface area contributed by atoms with E-state index in [-0.39, 0.29) is 35.9 Å². The van der Waals surface area contributed by atoms with Crippen LogP contribution in [0.4, 0.5) is 0 Å². The molecule has 0 spiro atoms. The Morgan fingerprint density at radius 3 is 2.42 bits per heavy atom. The first-order valence-electron chi connectivity index (χ1n) is 13.1. The first kappa shape index (κ1) is 30.1. The van der Waals surface area contributed by atoms with E-state index in [0.29, 0.717) is 13.1 Å². The SMILES string of the molecule is Cc1ccc(O)c(CN(Cc2cccc(CN3C(C(=O)O)CCS3(=O)=O)c2)[C@H](CN(C)C)CC(C)(C)C)c1. The Morgan fingerprint density at radius 2 is 1.79 bits per heavy atom. The Bertz CT molecular complexity index is 1220. The Morgan fingerprint density at radius 1 is 1.11 bits per heavy atom. The summed E-state index contributed by atoms with van der Waals surface area (Å²) in [5.74, 6) is -0.982. The molecule has 2 aromatic rings. The van der Waals surface area contributed by atoms with Crippen molar-refractivity contribution in [2.75, 3.05) is 26.4 Å². The van der Waals surface area contributed by atoms with E-state index in [1.165, 1.54) is 0 Å². The van der Waals surface area contributed by atoms with E-state index in [2.05, 4.69) is 44.7 Å². The van der Waals surface area contributed by atoms with E-state index in [1.807, 2.05) is 43.3 Å². The minimum atomic E-state index is -3.60. The van der Waals surface area contributed by atoms with Gasteiger partial charge in [0.15, 0.2) is 0 Å². The van der Waals surface area contributed by atoms with Crippen LogP contribution in [0.3, 0.4) is 0 Å². The average Bonchev–Trinajstić information content (AvgIpc) is 3.08. The fraction of sp³-hybridized carbons (Fsp3) is 0.552. The molecular formula is C29H43N3O5S. The van der Waals surface area contributed by atoms with Crippen LogP contribution >= 0.6 is 0 Å². The number of aliphatic carboxylic acids is 1. The second-order valence-electron chi connectivity index (χ2n) is 12.0. The second-order valence-corrected chi connectivity index (χ2v) is 14.1. The maximum Gasteiger partial charge on any atom is 0.322 e. The third-order valence-corrected chi connectivity index (χ3v) is 8.75. The van der Waals surface area contributed by atoms with Crippen LogP contribution in [-0.2, 0) is 34.5 Å². The number of benzene rings is 2. The Balaban J connectivity index is 1.93. The van der Waals surface area contributed by atoms with Gasteiger partial charge in [0, 0.05) is 37.8 Å². The highest BCUT2D eigenvalue weighted by atomic mass is 32.2. The highest BCUT2D eigenvalue weighted by Crippen LogP contribution is 2.29. The maximum atomic E-state index is 12.6. The van der Waals surface area contributed by atoms with Gasteiger partial charge in [-0.05, 0) is 56.5 Å². The number of rotatable bonds is 11. The van der Waals surface area contributed by atoms with Crippen molar-refractivity contribution in [3.05, 3.63) is 64.7 Å². The van der Waals surface area contributed by atoms with Crippen LogP contribution in [0.25, 0.3) is 0 Å². The van der Waals surface area contributed by atoms with Gasteiger partial charge in [0.2, 0.25) is 10.0 Å². The summed E-state index contributed by atoms with van der Waals surface area (Å²) in [6, 6.07) is 12.6. The highest BCUT2D eigenvalue weighted by Gasteiger charge is 2.41. The van der Waals surface area contributed by atoms with E-state index in [9.17, 15) is 23.4 Å². The molecule has 2 aromatic carbocycles. The number of hydrogen-bond donors (Lipinski definition) is 2. The molecule has 3 rings (SSSR count). The van der Waals surface area contributed by atoms with Crippen molar-refractivity contribution < 1.29 is 23.4 Å². The lowest BCUT2D eigenvalue weighted by Gasteiger charge is -2.37. The predicted molar refractivity (Wildman–Crippen MR) is 150 cm³/mol. The number of phenolic OH excluding ortho intramolecular Hbond substituents is 1. The monoisotopic (exact) mass is 545 g/mol. The van der Waals surface area contributed by atoms with Crippen molar-refractivity contribution in [2.24, 2.45) is 5.41 Å². The molecular weight excluding hydrogens is 502 g/mol. The molecule has 0 aromatic heterocycles. The van der Waals surface area contributed by atoms with Crippen molar-refractivity contribution >= 4 is 16.0 Å². The second kappa shape index (κ2) is 12.2. The Labute approximate surface area is 227 Å². The summed E-state index contributed by atoms with van der Waals surface area (Å²) in [6.07, 6.45) is 1.05. The molecule has 0 bridgehead atoms. The minimum Gasteiger partial charge on any atom is -0.508 e. The van der Waals surface area contributed by atoms with Crippen molar-refractivity contribution in [1.29, 1.82) is 0 Å². The molecule has 0 radical (unpaired) electrons. The van der Waals surface area contributed by atoms with Gasteiger partial charge in [-0.15, -0.1) is 0 Å². The summed E-state index contributed by atoms with van der Waals surface area (Å²) >= 11 is 0. The molecule has 38 heavy (non-hydrogen) atoms. The fourth-order valence-electron chi connectivity index (χ4n) is 5.22. The quantitative estimate of drug-likeness (QED) is 0.439. The topological polar surface area (TPSA) is 101 Å².